The predicted octanol–water partition coefficient (Wildman–Crippen LogP) is 5.66. The molecule has 0 amide bonds. The first kappa shape index (κ1) is 16.2. The third kappa shape index (κ3) is 2.88. The largest absolute Gasteiger partial charge is 0.440 e. The van der Waals surface area contributed by atoms with Gasteiger partial charge < -0.3 is 4.42 Å². The van der Waals surface area contributed by atoms with Crippen LogP contribution in [-0.2, 0) is 6.54 Å². The van der Waals surface area contributed by atoms with Gasteiger partial charge in [-0.3, -0.25) is 4.90 Å². The molecular formula is C20H19N3OS2. The molecule has 6 heteroatoms. The Labute approximate surface area is 160 Å². The Balaban J connectivity index is 1.41. The molecule has 3 aromatic heterocycles. The molecule has 1 fully saturated rings. The maximum Gasteiger partial charge on any atom is 0.236 e. The van der Waals surface area contributed by atoms with Crippen molar-refractivity contribution >= 4 is 32.9 Å². The minimum Gasteiger partial charge on any atom is -0.440 e. The number of hydrogen-bond donors (Lipinski definition) is 0. The van der Waals surface area contributed by atoms with Crippen LogP contribution in [0.2, 0.25) is 0 Å². The minimum atomic E-state index is 0.383. The molecule has 1 aliphatic heterocycles. The molecule has 1 aromatic carbocycles. The van der Waals surface area contributed by atoms with Crippen molar-refractivity contribution in [3.05, 3.63) is 58.2 Å². The molecule has 0 N–H and O–H groups in total. The van der Waals surface area contributed by atoms with Crippen molar-refractivity contribution < 1.29 is 4.42 Å². The highest BCUT2D eigenvalue weighted by Crippen LogP contribution is 2.37. The van der Waals surface area contributed by atoms with Crippen molar-refractivity contribution in [1.82, 2.24) is 14.9 Å². The first-order valence-electron chi connectivity index (χ1n) is 8.87. The third-order valence-electron chi connectivity index (χ3n) is 4.94. The van der Waals surface area contributed by atoms with Gasteiger partial charge in [-0.05, 0) is 49.9 Å². The highest BCUT2D eigenvalue weighted by molar-refractivity contribution is 7.18. The summed E-state index contributed by atoms with van der Waals surface area (Å²) < 4.78 is 7.19. The maximum atomic E-state index is 5.92. The van der Waals surface area contributed by atoms with Crippen LogP contribution < -0.4 is 0 Å². The molecule has 1 saturated heterocycles. The van der Waals surface area contributed by atoms with E-state index in [2.05, 4.69) is 40.6 Å². The number of aryl methyl sites for hydroxylation is 1. The molecule has 4 heterocycles. The molecule has 132 valence electrons. The Kier molecular flexibility index (Phi) is 4.11. The van der Waals surface area contributed by atoms with E-state index in [1.54, 1.807) is 11.3 Å². The van der Waals surface area contributed by atoms with Crippen molar-refractivity contribution in [3.63, 3.8) is 0 Å². The highest BCUT2D eigenvalue weighted by atomic mass is 32.1. The number of benzene rings is 1. The second-order valence-corrected chi connectivity index (χ2v) is 8.66. The van der Waals surface area contributed by atoms with Crippen molar-refractivity contribution in [2.45, 2.75) is 32.4 Å². The number of oxazole rings is 1. The molecule has 0 spiro atoms. The number of likely N-dealkylation sites (tertiary alicyclic amines) is 1. The molecule has 1 aliphatic rings. The summed E-state index contributed by atoms with van der Waals surface area (Å²) in [6.45, 7) is 3.92. The van der Waals surface area contributed by atoms with Gasteiger partial charge in [0.2, 0.25) is 5.89 Å². The molecule has 4 aromatic rings. The molecule has 1 atom stereocenters. The standard InChI is InChI=1S/C20H19N3OS2/c1-13-15(21-19(24-13)18-9-5-11-25-18)12-23-10-4-7-16(23)20-22-14-6-2-3-8-17(14)26-20/h2-3,5-6,8-9,11,16H,4,7,10,12H2,1H3/t16-/m1/s1. The average Bonchev–Trinajstić information content (AvgIpc) is 3.42. The van der Waals surface area contributed by atoms with E-state index < -0.39 is 0 Å². The molecule has 0 aliphatic carbocycles. The van der Waals surface area contributed by atoms with Gasteiger partial charge in [0.15, 0.2) is 0 Å². The summed E-state index contributed by atoms with van der Waals surface area (Å²) in [4.78, 5) is 13.2. The molecule has 5 rings (SSSR count). The number of rotatable bonds is 4. The maximum absolute atomic E-state index is 5.92. The Morgan fingerprint density at radius 2 is 2.12 bits per heavy atom. The smallest absolute Gasteiger partial charge is 0.236 e. The third-order valence-corrected chi connectivity index (χ3v) is 6.93. The second kappa shape index (κ2) is 6.61. The number of fused-ring (bicyclic) bond motifs is 1. The Hall–Kier alpha value is -2.02. The fourth-order valence-electron chi connectivity index (χ4n) is 3.60. The van der Waals surface area contributed by atoms with E-state index in [9.17, 15) is 0 Å². The summed E-state index contributed by atoms with van der Waals surface area (Å²) in [5.74, 6) is 1.66. The lowest BCUT2D eigenvalue weighted by Crippen LogP contribution is -2.23. The van der Waals surface area contributed by atoms with Gasteiger partial charge in [0.25, 0.3) is 0 Å². The molecule has 0 radical (unpaired) electrons. The predicted molar refractivity (Wildman–Crippen MR) is 107 cm³/mol. The summed E-state index contributed by atoms with van der Waals surface area (Å²) >= 11 is 3.48. The number of aromatic nitrogens is 2. The van der Waals surface area contributed by atoms with Gasteiger partial charge in [-0.25, -0.2) is 9.97 Å². The van der Waals surface area contributed by atoms with Crippen LogP contribution in [0.1, 0.15) is 35.3 Å². The Morgan fingerprint density at radius 3 is 2.96 bits per heavy atom. The van der Waals surface area contributed by atoms with Crippen LogP contribution >= 0.6 is 22.7 Å². The zero-order valence-electron chi connectivity index (χ0n) is 14.5. The van der Waals surface area contributed by atoms with E-state index >= 15 is 0 Å². The number of thiazole rings is 1. The summed E-state index contributed by atoms with van der Waals surface area (Å²) in [6, 6.07) is 12.9. The second-order valence-electron chi connectivity index (χ2n) is 6.65. The lowest BCUT2D eigenvalue weighted by Gasteiger charge is -2.21. The van der Waals surface area contributed by atoms with Gasteiger partial charge in [-0.15, -0.1) is 22.7 Å². The normalized spacial score (nSPS) is 18.1. The number of nitrogens with zero attached hydrogens (tertiary/aromatic N) is 3. The van der Waals surface area contributed by atoms with Crippen molar-refractivity contribution in [1.29, 1.82) is 0 Å². The van der Waals surface area contributed by atoms with Crippen molar-refractivity contribution in [3.8, 4) is 10.8 Å². The summed E-state index contributed by atoms with van der Waals surface area (Å²) in [5, 5.41) is 3.28. The topological polar surface area (TPSA) is 42.2 Å². The van der Waals surface area contributed by atoms with Crippen LogP contribution in [0.25, 0.3) is 21.0 Å². The number of hydrogen-bond acceptors (Lipinski definition) is 6. The van der Waals surface area contributed by atoms with E-state index in [0.717, 1.165) is 47.2 Å². The summed E-state index contributed by atoms with van der Waals surface area (Å²) in [6.07, 6.45) is 2.36. The van der Waals surface area contributed by atoms with E-state index in [1.807, 2.05) is 24.3 Å². The molecular weight excluding hydrogens is 362 g/mol. The number of thiophene rings is 1. The van der Waals surface area contributed by atoms with Gasteiger partial charge in [-0.2, -0.15) is 0 Å². The Morgan fingerprint density at radius 1 is 1.19 bits per heavy atom. The lowest BCUT2D eigenvalue weighted by molar-refractivity contribution is 0.244. The molecule has 4 nitrogen and oxygen atoms in total. The molecule has 0 saturated carbocycles. The van der Waals surface area contributed by atoms with Crippen molar-refractivity contribution in [2.75, 3.05) is 6.54 Å². The van der Waals surface area contributed by atoms with E-state index in [0.29, 0.717) is 6.04 Å². The summed E-state index contributed by atoms with van der Waals surface area (Å²) in [5.41, 5.74) is 2.15. The van der Waals surface area contributed by atoms with E-state index in [-0.39, 0.29) is 0 Å². The monoisotopic (exact) mass is 381 g/mol. The van der Waals surface area contributed by atoms with Crippen LogP contribution in [0.15, 0.2) is 46.2 Å². The van der Waals surface area contributed by atoms with Crippen LogP contribution in [0.4, 0.5) is 0 Å². The van der Waals surface area contributed by atoms with Crippen LogP contribution in [-0.4, -0.2) is 21.4 Å². The van der Waals surface area contributed by atoms with E-state index in [1.165, 1.54) is 16.1 Å². The first-order valence-corrected chi connectivity index (χ1v) is 10.6. The van der Waals surface area contributed by atoms with Gasteiger partial charge in [-0.1, -0.05) is 18.2 Å². The molecule has 26 heavy (non-hydrogen) atoms. The fourth-order valence-corrected chi connectivity index (χ4v) is 5.39. The summed E-state index contributed by atoms with van der Waals surface area (Å²) in [7, 11) is 0. The first-order chi connectivity index (χ1) is 12.8. The average molecular weight is 382 g/mol. The van der Waals surface area contributed by atoms with Crippen LogP contribution in [0.5, 0.6) is 0 Å². The SMILES string of the molecule is Cc1oc(-c2cccs2)nc1CN1CCC[C@@H]1c1nc2ccccc2s1. The number of para-hydroxylation sites is 1. The van der Waals surface area contributed by atoms with Crippen LogP contribution in [0.3, 0.4) is 0 Å². The minimum absolute atomic E-state index is 0.383. The van der Waals surface area contributed by atoms with Gasteiger partial charge in [0.05, 0.1) is 26.8 Å². The lowest BCUT2D eigenvalue weighted by atomic mass is 10.2. The van der Waals surface area contributed by atoms with Gasteiger partial charge >= 0.3 is 0 Å². The zero-order valence-corrected chi connectivity index (χ0v) is 16.1. The molecule has 0 unspecified atom stereocenters. The fraction of sp³-hybridized carbons (Fsp3) is 0.300. The van der Waals surface area contributed by atoms with Crippen LogP contribution in [0, 0.1) is 6.92 Å². The quantitative estimate of drug-likeness (QED) is 0.457. The van der Waals surface area contributed by atoms with Gasteiger partial charge in [0, 0.05) is 6.54 Å². The molecule has 0 bridgehead atoms. The zero-order chi connectivity index (χ0) is 17.5. The van der Waals surface area contributed by atoms with E-state index in [4.69, 9.17) is 14.4 Å². The van der Waals surface area contributed by atoms with Gasteiger partial charge in [0.1, 0.15) is 10.8 Å². The van der Waals surface area contributed by atoms with Crippen molar-refractivity contribution in [2.24, 2.45) is 0 Å². The Bertz CT molecular complexity index is 1000. The highest BCUT2D eigenvalue weighted by Gasteiger charge is 2.30.